The average molecular weight is 509 g/mol. The fourth-order valence-corrected chi connectivity index (χ4v) is 5.62. The molecule has 0 radical (unpaired) electrons. The Labute approximate surface area is 215 Å². The number of fused-ring (bicyclic) bond motifs is 1. The fourth-order valence-electron chi connectivity index (χ4n) is 4.86. The number of hydrogen-bond acceptors (Lipinski definition) is 5. The van der Waals surface area contributed by atoms with Gasteiger partial charge in [-0.3, -0.25) is 9.78 Å². The lowest BCUT2D eigenvalue weighted by Crippen LogP contribution is -2.41. The summed E-state index contributed by atoms with van der Waals surface area (Å²) >= 11 is 0. The van der Waals surface area contributed by atoms with Crippen LogP contribution in [0.25, 0.3) is 22.2 Å². The van der Waals surface area contributed by atoms with Crippen molar-refractivity contribution in [1.82, 2.24) is 20.1 Å². The molecule has 0 bridgehead atoms. The lowest BCUT2D eigenvalue weighted by molar-refractivity contribution is -0.00257. The van der Waals surface area contributed by atoms with E-state index in [0.29, 0.717) is 18.2 Å². The molecular formula is C28H40N4O3Si. The smallest absolute Gasteiger partial charge is 0.251 e. The van der Waals surface area contributed by atoms with E-state index in [2.05, 4.69) is 35.0 Å². The van der Waals surface area contributed by atoms with Crippen molar-refractivity contribution in [2.24, 2.45) is 5.92 Å². The van der Waals surface area contributed by atoms with Crippen LogP contribution in [0.15, 0.2) is 42.7 Å². The van der Waals surface area contributed by atoms with Gasteiger partial charge in [-0.15, -0.1) is 0 Å². The minimum atomic E-state index is -1.12. The third kappa shape index (κ3) is 6.60. The number of nitrogens with one attached hydrogen (secondary N) is 1. The maximum absolute atomic E-state index is 12.8. The van der Waals surface area contributed by atoms with Gasteiger partial charge in [0.05, 0.1) is 23.0 Å². The highest BCUT2D eigenvalue weighted by Gasteiger charge is 2.31. The molecule has 7 nitrogen and oxygen atoms in total. The predicted octanol–water partition coefficient (Wildman–Crippen LogP) is 5.47. The first kappa shape index (κ1) is 26.5. The van der Waals surface area contributed by atoms with Crippen molar-refractivity contribution >= 4 is 24.9 Å². The van der Waals surface area contributed by atoms with Gasteiger partial charge in [0.25, 0.3) is 5.91 Å². The first-order valence-corrected chi connectivity index (χ1v) is 16.7. The van der Waals surface area contributed by atoms with Crippen molar-refractivity contribution in [2.75, 3.05) is 6.61 Å². The molecule has 0 spiro atoms. The minimum Gasteiger partial charge on any atom is -0.390 e. The number of carbonyl (C=O) groups excluding carboxylic acids is 1. The molecule has 4 rings (SSSR count). The van der Waals surface area contributed by atoms with Gasteiger partial charge in [-0.05, 0) is 69.7 Å². The summed E-state index contributed by atoms with van der Waals surface area (Å²) < 4.78 is 7.77. The van der Waals surface area contributed by atoms with Crippen molar-refractivity contribution < 1.29 is 14.6 Å². The first-order chi connectivity index (χ1) is 17.0. The number of hydrogen-bond donors (Lipinski definition) is 2. The second-order valence-corrected chi connectivity index (χ2v) is 17.5. The van der Waals surface area contributed by atoms with Crippen molar-refractivity contribution in [3.63, 3.8) is 0 Å². The minimum absolute atomic E-state index is 0.0530. The van der Waals surface area contributed by atoms with Gasteiger partial charge < -0.3 is 15.2 Å². The monoisotopic (exact) mass is 508 g/mol. The molecule has 1 aromatic carbocycles. The van der Waals surface area contributed by atoms with Gasteiger partial charge >= 0.3 is 0 Å². The Hall–Kier alpha value is -2.55. The number of aromatic nitrogens is 3. The number of nitrogens with zero attached hydrogens (tertiary/aromatic N) is 3. The maximum Gasteiger partial charge on any atom is 0.251 e. The third-order valence-corrected chi connectivity index (χ3v) is 8.97. The van der Waals surface area contributed by atoms with Crippen LogP contribution in [0.1, 0.15) is 49.9 Å². The van der Waals surface area contributed by atoms with Gasteiger partial charge in [0.1, 0.15) is 6.73 Å². The number of amides is 1. The van der Waals surface area contributed by atoms with Gasteiger partial charge in [-0.1, -0.05) is 31.8 Å². The molecule has 0 unspecified atom stereocenters. The molecule has 194 valence electrons. The van der Waals surface area contributed by atoms with Crippen molar-refractivity contribution in [1.29, 1.82) is 0 Å². The second-order valence-electron chi connectivity index (χ2n) is 11.8. The summed E-state index contributed by atoms with van der Waals surface area (Å²) in [5.41, 5.74) is 2.76. The fraction of sp³-hybridized carbons (Fsp3) is 0.536. The highest BCUT2D eigenvalue weighted by atomic mass is 28.3. The third-order valence-electron chi connectivity index (χ3n) is 7.26. The molecule has 0 aliphatic heterocycles. The standard InChI is InChI=1S/C28H40N4O3Si/c1-28(2,34)22-10-12-23(13-11-22)31-27(33)21-8-6-20(7-9-21)26-24-18-30-32(25(24)14-15-29-26)19-35-16-17-36(3,4)5/h6-9,14-15,18,22-23,34H,10-13,16-17,19H2,1-5H3,(H,31,33). The van der Waals surface area contributed by atoms with Crippen LogP contribution in [-0.2, 0) is 11.5 Å². The molecule has 1 aliphatic rings. The van der Waals surface area contributed by atoms with Crippen LogP contribution in [0.3, 0.4) is 0 Å². The number of pyridine rings is 1. The summed E-state index contributed by atoms with van der Waals surface area (Å²) in [6.07, 6.45) is 7.29. The zero-order valence-electron chi connectivity index (χ0n) is 22.3. The molecule has 36 heavy (non-hydrogen) atoms. The van der Waals surface area contributed by atoms with Gasteiger partial charge in [0.15, 0.2) is 0 Å². The van der Waals surface area contributed by atoms with E-state index in [9.17, 15) is 9.90 Å². The molecule has 1 fully saturated rings. The predicted molar refractivity (Wildman–Crippen MR) is 147 cm³/mol. The number of rotatable bonds is 9. The summed E-state index contributed by atoms with van der Waals surface area (Å²) in [6, 6.07) is 10.9. The van der Waals surface area contributed by atoms with Gasteiger partial charge in [-0.2, -0.15) is 5.10 Å². The van der Waals surface area contributed by atoms with Crippen LogP contribution in [0.5, 0.6) is 0 Å². The van der Waals surface area contributed by atoms with Crippen molar-refractivity contribution in [3.05, 3.63) is 48.3 Å². The van der Waals surface area contributed by atoms with Crippen LogP contribution in [0.4, 0.5) is 0 Å². The maximum atomic E-state index is 12.8. The van der Waals surface area contributed by atoms with E-state index in [0.717, 1.165) is 60.5 Å². The number of ether oxygens (including phenoxy) is 1. The first-order valence-electron chi connectivity index (χ1n) is 13.0. The van der Waals surface area contributed by atoms with E-state index in [1.54, 1.807) is 6.20 Å². The van der Waals surface area contributed by atoms with E-state index < -0.39 is 13.7 Å². The zero-order chi connectivity index (χ0) is 25.9. The normalized spacial score (nSPS) is 18.9. The summed E-state index contributed by atoms with van der Waals surface area (Å²) in [5, 5.41) is 18.9. The quantitative estimate of drug-likeness (QED) is 0.295. The average Bonchev–Trinajstić information content (AvgIpc) is 3.24. The molecule has 3 aromatic rings. The Morgan fingerprint density at radius 1 is 1.14 bits per heavy atom. The van der Waals surface area contributed by atoms with Crippen LogP contribution >= 0.6 is 0 Å². The molecule has 8 heteroatoms. The van der Waals surface area contributed by atoms with Crippen LogP contribution in [-0.4, -0.2) is 52.1 Å². The Kier molecular flexibility index (Phi) is 7.97. The summed E-state index contributed by atoms with van der Waals surface area (Å²) in [5.74, 6) is 0.240. The van der Waals surface area contributed by atoms with E-state index in [4.69, 9.17) is 4.74 Å². The summed E-state index contributed by atoms with van der Waals surface area (Å²) in [6.45, 7) is 12.0. The van der Waals surface area contributed by atoms with Gasteiger partial charge in [0.2, 0.25) is 0 Å². The SMILES string of the molecule is CC(C)(O)C1CCC(NC(=O)c2ccc(-c3nccc4c3cnn4COCC[Si](C)(C)C)cc2)CC1. The molecule has 1 saturated carbocycles. The van der Waals surface area contributed by atoms with Crippen LogP contribution in [0, 0.1) is 5.92 Å². The van der Waals surface area contributed by atoms with Crippen molar-refractivity contribution in [3.8, 4) is 11.3 Å². The molecule has 2 heterocycles. The van der Waals surface area contributed by atoms with Gasteiger partial charge in [-0.25, -0.2) is 4.68 Å². The van der Waals surface area contributed by atoms with E-state index in [1.807, 2.05) is 55.1 Å². The van der Waals surface area contributed by atoms with E-state index in [1.165, 1.54) is 0 Å². The molecule has 0 atom stereocenters. The van der Waals surface area contributed by atoms with E-state index >= 15 is 0 Å². The lowest BCUT2D eigenvalue weighted by Gasteiger charge is -2.36. The Balaban J connectivity index is 1.39. The highest BCUT2D eigenvalue weighted by molar-refractivity contribution is 6.76. The number of aliphatic hydroxyl groups is 1. The van der Waals surface area contributed by atoms with Crippen LogP contribution in [0.2, 0.25) is 25.7 Å². The molecule has 1 amide bonds. The lowest BCUT2D eigenvalue weighted by atomic mass is 9.77. The Morgan fingerprint density at radius 3 is 2.47 bits per heavy atom. The Morgan fingerprint density at radius 2 is 1.83 bits per heavy atom. The molecule has 0 saturated heterocycles. The molecule has 2 aromatic heterocycles. The van der Waals surface area contributed by atoms with Crippen LogP contribution < -0.4 is 5.32 Å². The zero-order valence-corrected chi connectivity index (χ0v) is 23.3. The summed E-state index contributed by atoms with van der Waals surface area (Å²) in [7, 11) is -1.12. The van der Waals surface area contributed by atoms with Gasteiger partial charge in [0, 0.05) is 43.4 Å². The number of carbonyl (C=O) groups is 1. The number of benzene rings is 1. The largest absolute Gasteiger partial charge is 0.390 e. The summed E-state index contributed by atoms with van der Waals surface area (Å²) in [4.78, 5) is 17.4. The highest BCUT2D eigenvalue weighted by Crippen LogP contribution is 2.32. The van der Waals surface area contributed by atoms with Crippen molar-refractivity contribution in [2.45, 2.75) is 83.6 Å². The molecule has 2 N–H and O–H groups in total. The molecular weight excluding hydrogens is 468 g/mol. The molecule has 1 aliphatic carbocycles. The second kappa shape index (κ2) is 10.8. The van der Waals surface area contributed by atoms with E-state index in [-0.39, 0.29) is 11.9 Å². The topological polar surface area (TPSA) is 89.3 Å². The Bertz CT molecular complexity index is 1170.